The van der Waals surface area contributed by atoms with E-state index in [1.807, 2.05) is 44.2 Å². The molecule has 0 aliphatic carbocycles. The number of hydrogen-bond donors (Lipinski definition) is 3. The van der Waals surface area contributed by atoms with Gasteiger partial charge < -0.3 is 25.3 Å². The topological polar surface area (TPSA) is 160 Å². The largest absolute Gasteiger partial charge is 0.481 e. The molecule has 4 rings (SSSR count). The SMILES string of the molecule is CC(C)C(NC(=O)/C=C/c1ccccc1)C1=NOC(Cc2ccccc2)(C(=O)NC(CC(=O)O)C(=O)COC(=O)c2c(Cl)cccc2Cl)C1. The average molecular weight is 709 g/mol. The maximum atomic E-state index is 14.0. The second kappa shape index (κ2) is 16.9. The summed E-state index contributed by atoms with van der Waals surface area (Å²) >= 11 is 12.1. The van der Waals surface area contributed by atoms with Crippen LogP contribution in [-0.2, 0) is 35.2 Å². The van der Waals surface area contributed by atoms with Crippen LogP contribution in [0.5, 0.6) is 0 Å². The summed E-state index contributed by atoms with van der Waals surface area (Å²) in [5.41, 5.74) is 0.0658. The molecule has 0 saturated carbocycles. The van der Waals surface area contributed by atoms with Crippen molar-refractivity contribution in [2.45, 2.75) is 50.8 Å². The molecular formula is C36H35Cl2N3O8. The van der Waals surface area contributed by atoms with Crippen LogP contribution in [0.15, 0.2) is 90.1 Å². The fourth-order valence-corrected chi connectivity index (χ4v) is 5.73. The Bertz CT molecular complexity index is 1730. The Morgan fingerprint density at radius 1 is 0.939 bits per heavy atom. The minimum Gasteiger partial charge on any atom is -0.481 e. The number of carbonyl (C=O) groups is 5. The zero-order valence-electron chi connectivity index (χ0n) is 26.7. The van der Waals surface area contributed by atoms with Gasteiger partial charge in [-0.3, -0.25) is 19.2 Å². The molecule has 13 heteroatoms. The summed E-state index contributed by atoms with van der Waals surface area (Å²) in [4.78, 5) is 70.4. The normalized spacial score (nSPS) is 16.7. The first-order valence-electron chi connectivity index (χ1n) is 15.4. The molecule has 2 amide bonds. The molecule has 1 heterocycles. The predicted octanol–water partition coefficient (Wildman–Crippen LogP) is 5.29. The maximum Gasteiger partial charge on any atom is 0.341 e. The highest BCUT2D eigenvalue weighted by molar-refractivity contribution is 6.39. The van der Waals surface area contributed by atoms with Crippen molar-refractivity contribution >= 4 is 64.5 Å². The molecule has 11 nitrogen and oxygen atoms in total. The van der Waals surface area contributed by atoms with Crippen molar-refractivity contribution in [1.82, 2.24) is 10.6 Å². The number of carboxylic acids is 1. The van der Waals surface area contributed by atoms with E-state index in [2.05, 4.69) is 15.8 Å². The van der Waals surface area contributed by atoms with Crippen LogP contribution in [0.4, 0.5) is 0 Å². The lowest BCUT2D eigenvalue weighted by atomic mass is 9.84. The minimum atomic E-state index is -1.70. The summed E-state index contributed by atoms with van der Waals surface area (Å²) in [6, 6.07) is 20.4. The zero-order chi connectivity index (χ0) is 35.6. The Labute approximate surface area is 293 Å². The Morgan fingerprint density at radius 2 is 1.57 bits per heavy atom. The third-order valence-electron chi connectivity index (χ3n) is 7.69. The number of hydrogen-bond acceptors (Lipinski definition) is 8. The molecule has 0 aromatic heterocycles. The minimum absolute atomic E-state index is 0.000450. The fourth-order valence-electron chi connectivity index (χ4n) is 5.18. The van der Waals surface area contributed by atoms with Crippen LogP contribution in [-0.4, -0.2) is 64.6 Å². The number of ether oxygens (including phenoxy) is 1. The Hall–Kier alpha value is -5.00. The number of nitrogens with one attached hydrogen (secondary N) is 2. The van der Waals surface area contributed by atoms with Gasteiger partial charge in [0.15, 0.2) is 12.4 Å². The number of aliphatic carboxylic acids is 1. The van der Waals surface area contributed by atoms with Gasteiger partial charge >= 0.3 is 11.9 Å². The number of nitrogens with zero attached hydrogens (tertiary/aromatic N) is 1. The van der Waals surface area contributed by atoms with E-state index in [-0.39, 0.29) is 40.3 Å². The molecule has 49 heavy (non-hydrogen) atoms. The number of ketones is 1. The standard InChI is InChI=1S/C36H35Cl2N3O8/c1-22(2)33(40-30(43)17-16-23-10-5-3-6-11-23)28-20-36(49-41-28,19-24-12-7-4-8-13-24)35(47)39-27(18-31(44)45)29(42)21-48-34(46)32-25(37)14-9-15-26(32)38/h3-17,22,27,33H,18-21H2,1-2H3,(H,39,47)(H,40,43)(H,44,45)/b17-16+. The van der Waals surface area contributed by atoms with Crippen LogP contribution in [0.3, 0.4) is 0 Å². The van der Waals surface area contributed by atoms with E-state index in [0.717, 1.165) is 5.56 Å². The van der Waals surface area contributed by atoms with E-state index >= 15 is 0 Å². The van der Waals surface area contributed by atoms with Crippen LogP contribution in [0, 0.1) is 5.92 Å². The Morgan fingerprint density at radius 3 is 2.18 bits per heavy atom. The van der Waals surface area contributed by atoms with E-state index in [9.17, 15) is 29.1 Å². The molecule has 1 aliphatic heterocycles. The second-order valence-corrected chi connectivity index (χ2v) is 12.6. The zero-order valence-corrected chi connectivity index (χ0v) is 28.2. The molecule has 0 bridgehead atoms. The van der Waals surface area contributed by atoms with E-state index in [1.54, 1.807) is 36.4 Å². The summed E-state index contributed by atoms with van der Waals surface area (Å²) < 4.78 is 5.10. The quantitative estimate of drug-likeness (QED) is 0.142. The van der Waals surface area contributed by atoms with E-state index in [0.29, 0.717) is 11.3 Å². The molecule has 3 aromatic rings. The number of Topliss-reactive ketones (excluding diaryl/α,β-unsaturated/α-hetero) is 1. The van der Waals surface area contributed by atoms with Crippen molar-refractivity contribution in [1.29, 1.82) is 0 Å². The highest BCUT2D eigenvalue weighted by atomic mass is 35.5. The van der Waals surface area contributed by atoms with E-state index < -0.39 is 54.3 Å². The van der Waals surface area contributed by atoms with E-state index in [1.165, 1.54) is 24.3 Å². The van der Waals surface area contributed by atoms with Gasteiger partial charge in [0.1, 0.15) is 6.04 Å². The lowest BCUT2D eigenvalue weighted by molar-refractivity contribution is -0.148. The second-order valence-electron chi connectivity index (χ2n) is 11.7. The van der Waals surface area contributed by atoms with Crippen molar-refractivity contribution in [3.05, 3.63) is 112 Å². The third-order valence-corrected chi connectivity index (χ3v) is 8.32. The number of esters is 1. The number of rotatable bonds is 15. The molecule has 3 aromatic carbocycles. The first-order chi connectivity index (χ1) is 23.4. The van der Waals surface area contributed by atoms with Gasteiger partial charge in [-0.15, -0.1) is 0 Å². The molecule has 3 N–H and O–H groups in total. The highest BCUT2D eigenvalue weighted by Gasteiger charge is 2.49. The molecule has 3 unspecified atom stereocenters. The summed E-state index contributed by atoms with van der Waals surface area (Å²) in [6.45, 7) is 2.89. The lowest BCUT2D eigenvalue weighted by Gasteiger charge is -2.29. The number of benzene rings is 3. The summed E-state index contributed by atoms with van der Waals surface area (Å²) in [6.07, 6.45) is 2.20. The molecular weight excluding hydrogens is 673 g/mol. The van der Waals surface area contributed by atoms with Gasteiger partial charge in [-0.2, -0.15) is 0 Å². The van der Waals surface area contributed by atoms with Crippen molar-refractivity contribution < 1.29 is 38.7 Å². The number of carboxylic acid groups (broad SMARTS) is 1. The fraction of sp³-hybridized carbons (Fsp3) is 0.278. The third kappa shape index (κ3) is 10.0. The molecule has 0 saturated heterocycles. The van der Waals surface area contributed by atoms with Crippen LogP contribution < -0.4 is 10.6 Å². The van der Waals surface area contributed by atoms with Gasteiger partial charge in [-0.05, 0) is 35.3 Å². The monoisotopic (exact) mass is 707 g/mol. The van der Waals surface area contributed by atoms with Crippen LogP contribution >= 0.6 is 23.2 Å². The molecule has 1 aliphatic rings. The Balaban J connectivity index is 1.52. The first-order valence-corrected chi connectivity index (χ1v) is 16.1. The van der Waals surface area contributed by atoms with Crippen LogP contribution in [0.2, 0.25) is 10.0 Å². The van der Waals surface area contributed by atoms with Crippen LogP contribution in [0.25, 0.3) is 6.08 Å². The Kier molecular flexibility index (Phi) is 12.7. The van der Waals surface area contributed by atoms with Crippen molar-refractivity contribution in [2.24, 2.45) is 11.1 Å². The molecule has 0 radical (unpaired) electrons. The highest BCUT2D eigenvalue weighted by Crippen LogP contribution is 2.32. The van der Waals surface area contributed by atoms with Gasteiger partial charge in [0.25, 0.3) is 5.91 Å². The van der Waals surface area contributed by atoms with Gasteiger partial charge in [0, 0.05) is 18.9 Å². The van der Waals surface area contributed by atoms with Crippen molar-refractivity contribution in [2.75, 3.05) is 6.61 Å². The number of oxime groups is 1. The first kappa shape index (κ1) is 36.8. The maximum absolute atomic E-state index is 14.0. The number of amides is 2. The summed E-state index contributed by atoms with van der Waals surface area (Å²) in [7, 11) is 0. The van der Waals surface area contributed by atoms with Gasteiger partial charge in [0.05, 0.1) is 33.8 Å². The number of carbonyl (C=O) groups excluding carboxylic acids is 4. The average Bonchev–Trinajstić information content (AvgIpc) is 3.50. The molecule has 3 atom stereocenters. The molecule has 0 spiro atoms. The van der Waals surface area contributed by atoms with Crippen LogP contribution in [0.1, 0.15) is 48.2 Å². The smallest absolute Gasteiger partial charge is 0.341 e. The summed E-state index contributed by atoms with van der Waals surface area (Å²) in [5, 5.41) is 19.2. The van der Waals surface area contributed by atoms with E-state index in [4.69, 9.17) is 32.8 Å². The molecule has 256 valence electrons. The van der Waals surface area contributed by atoms with Gasteiger partial charge in [-0.25, -0.2) is 4.79 Å². The summed E-state index contributed by atoms with van der Waals surface area (Å²) in [5.74, 6) is -4.62. The molecule has 0 fully saturated rings. The van der Waals surface area contributed by atoms with Gasteiger partial charge in [-0.1, -0.05) is 109 Å². The van der Waals surface area contributed by atoms with Crippen molar-refractivity contribution in [3.63, 3.8) is 0 Å². The predicted molar refractivity (Wildman–Crippen MR) is 184 cm³/mol. The van der Waals surface area contributed by atoms with Crippen molar-refractivity contribution in [3.8, 4) is 0 Å². The lowest BCUT2D eigenvalue weighted by Crippen LogP contribution is -2.55. The van der Waals surface area contributed by atoms with Gasteiger partial charge in [0.2, 0.25) is 11.5 Å². The number of halogens is 2.